The van der Waals surface area contributed by atoms with Gasteiger partial charge in [-0.1, -0.05) is 42.5 Å². The molecule has 16 heavy (non-hydrogen) atoms. The van der Waals surface area contributed by atoms with E-state index in [1.165, 1.54) is 6.07 Å². The molecule has 2 heteroatoms. The minimum absolute atomic E-state index is 0.156. The Kier molecular flexibility index (Phi) is 4.67. The van der Waals surface area contributed by atoms with Gasteiger partial charge in [-0.05, 0) is 24.1 Å². The fraction of sp³-hybridized carbons (Fsp3) is 0.143. The number of rotatable bonds is 1. The summed E-state index contributed by atoms with van der Waals surface area (Å²) in [4.78, 5) is 0. The lowest BCUT2D eigenvalue weighted by atomic mass is 10.0. The van der Waals surface area contributed by atoms with E-state index in [1.54, 1.807) is 6.07 Å². The first-order chi connectivity index (χ1) is 7.79. The van der Waals surface area contributed by atoms with Crippen LogP contribution in [0.15, 0.2) is 48.5 Å². The molecule has 0 radical (unpaired) electrons. The molecular weight excluding hydrogens is 203 g/mol. The van der Waals surface area contributed by atoms with Crippen LogP contribution < -0.4 is 0 Å². The van der Waals surface area contributed by atoms with Crippen LogP contribution in [0.5, 0.6) is 0 Å². The Bertz CT molecular complexity index is 417. The highest BCUT2D eigenvalue weighted by atomic mass is 19.1. The van der Waals surface area contributed by atoms with E-state index in [0.717, 1.165) is 18.2 Å². The Balaban J connectivity index is 0.000000606. The molecule has 0 aliphatic rings. The largest absolute Gasteiger partial charge is 0.400 e. The third-order valence-electron chi connectivity index (χ3n) is 2.28. The van der Waals surface area contributed by atoms with Gasteiger partial charge >= 0.3 is 0 Å². The van der Waals surface area contributed by atoms with E-state index in [2.05, 4.69) is 0 Å². The smallest absolute Gasteiger partial charge is 0.131 e. The van der Waals surface area contributed by atoms with E-state index in [0.29, 0.717) is 5.56 Å². The van der Waals surface area contributed by atoms with Crippen LogP contribution in [-0.4, -0.2) is 12.2 Å². The summed E-state index contributed by atoms with van der Waals surface area (Å²) in [6.45, 7) is 1.92. The van der Waals surface area contributed by atoms with Crippen molar-refractivity contribution in [3.8, 4) is 11.1 Å². The molecule has 1 N–H and O–H groups in total. The standard InChI is InChI=1S/C13H11F.CH4O/c1-10-6-5-9-12(14)13(10)11-7-3-2-4-8-11;1-2/h2-9H,1H3;2H,1H3. The first kappa shape index (κ1) is 12.4. The van der Waals surface area contributed by atoms with Gasteiger partial charge in [0.05, 0.1) is 0 Å². The molecule has 2 aromatic carbocycles. The van der Waals surface area contributed by atoms with Crippen LogP contribution in [0.25, 0.3) is 11.1 Å². The van der Waals surface area contributed by atoms with Crippen molar-refractivity contribution in [2.75, 3.05) is 7.11 Å². The maximum atomic E-state index is 13.5. The van der Waals surface area contributed by atoms with Gasteiger partial charge in [-0.2, -0.15) is 0 Å². The zero-order chi connectivity index (χ0) is 12.0. The van der Waals surface area contributed by atoms with Gasteiger partial charge in [-0.25, -0.2) is 4.39 Å². The van der Waals surface area contributed by atoms with Gasteiger partial charge in [0, 0.05) is 12.7 Å². The molecule has 0 heterocycles. The Morgan fingerprint density at radius 2 is 1.50 bits per heavy atom. The molecule has 0 atom stereocenters. The van der Waals surface area contributed by atoms with E-state index < -0.39 is 0 Å². The van der Waals surface area contributed by atoms with Crippen LogP contribution >= 0.6 is 0 Å². The number of benzene rings is 2. The Hall–Kier alpha value is -1.67. The number of aryl methyl sites for hydroxylation is 1. The fourth-order valence-corrected chi connectivity index (χ4v) is 1.60. The maximum absolute atomic E-state index is 13.5. The minimum atomic E-state index is -0.156. The van der Waals surface area contributed by atoms with E-state index in [1.807, 2.05) is 43.3 Å². The SMILES string of the molecule is CO.Cc1cccc(F)c1-c1ccccc1. The highest BCUT2D eigenvalue weighted by Crippen LogP contribution is 2.25. The Morgan fingerprint density at radius 3 is 2.06 bits per heavy atom. The van der Waals surface area contributed by atoms with Crippen LogP contribution in [0, 0.1) is 12.7 Å². The van der Waals surface area contributed by atoms with Crippen molar-refractivity contribution in [1.29, 1.82) is 0 Å². The number of hydrogen-bond acceptors (Lipinski definition) is 1. The summed E-state index contributed by atoms with van der Waals surface area (Å²) >= 11 is 0. The van der Waals surface area contributed by atoms with Gasteiger partial charge in [-0.15, -0.1) is 0 Å². The molecule has 1 nitrogen and oxygen atoms in total. The van der Waals surface area contributed by atoms with Gasteiger partial charge in [-0.3, -0.25) is 0 Å². The van der Waals surface area contributed by atoms with Crippen molar-refractivity contribution in [2.45, 2.75) is 6.92 Å². The molecule has 2 aromatic rings. The minimum Gasteiger partial charge on any atom is -0.400 e. The molecule has 0 bridgehead atoms. The zero-order valence-corrected chi connectivity index (χ0v) is 9.44. The molecule has 0 amide bonds. The van der Waals surface area contributed by atoms with E-state index in [-0.39, 0.29) is 5.82 Å². The third kappa shape index (κ3) is 2.67. The first-order valence-corrected chi connectivity index (χ1v) is 5.04. The first-order valence-electron chi connectivity index (χ1n) is 5.04. The van der Waals surface area contributed by atoms with Crippen LogP contribution in [0.1, 0.15) is 5.56 Å². The molecule has 0 aliphatic carbocycles. The monoisotopic (exact) mass is 218 g/mol. The average Bonchev–Trinajstić information content (AvgIpc) is 2.33. The topological polar surface area (TPSA) is 20.2 Å². The van der Waals surface area contributed by atoms with Gasteiger partial charge in [0.2, 0.25) is 0 Å². The normalized spacial score (nSPS) is 9.25. The second-order valence-electron chi connectivity index (χ2n) is 3.30. The Morgan fingerprint density at radius 1 is 0.875 bits per heavy atom. The van der Waals surface area contributed by atoms with Crippen molar-refractivity contribution in [3.63, 3.8) is 0 Å². The predicted octanol–water partition coefficient (Wildman–Crippen LogP) is 3.41. The molecule has 0 saturated carbocycles. The fourth-order valence-electron chi connectivity index (χ4n) is 1.60. The Labute approximate surface area is 95.2 Å². The number of hydrogen-bond donors (Lipinski definition) is 1. The number of aliphatic hydroxyl groups is 1. The lowest BCUT2D eigenvalue weighted by molar-refractivity contribution is 0.399. The van der Waals surface area contributed by atoms with Crippen LogP contribution in [0.2, 0.25) is 0 Å². The summed E-state index contributed by atoms with van der Waals surface area (Å²) in [5.74, 6) is -0.156. The number of halogens is 1. The van der Waals surface area contributed by atoms with Gasteiger partial charge in [0.25, 0.3) is 0 Å². The molecule has 2 rings (SSSR count). The molecule has 0 spiro atoms. The lowest BCUT2D eigenvalue weighted by Crippen LogP contribution is -1.87. The van der Waals surface area contributed by atoms with Crippen molar-refractivity contribution >= 4 is 0 Å². The van der Waals surface area contributed by atoms with Gasteiger partial charge < -0.3 is 5.11 Å². The molecule has 0 aromatic heterocycles. The summed E-state index contributed by atoms with van der Waals surface area (Å²) < 4.78 is 13.5. The van der Waals surface area contributed by atoms with Crippen molar-refractivity contribution < 1.29 is 9.50 Å². The zero-order valence-electron chi connectivity index (χ0n) is 9.44. The third-order valence-corrected chi connectivity index (χ3v) is 2.28. The maximum Gasteiger partial charge on any atom is 0.131 e. The summed E-state index contributed by atoms with van der Waals surface area (Å²) in [7, 11) is 1.00. The van der Waals surface area contributed by atoms with E-state index >= 15 is 0 Å². The number of aliphatic hydroxyl groups excluding tert-OH is 1. The van der Waals surface area contributed by atoms with E-state index in [4.69, 9.17) is 5.11 Å². The molecular formula is C14H15FO. The van der Waals surface area contributed by atoms with Crippen LogP contribution in [0.4, 0.5) is 4.39 Å². The predicted molar refractivity (Wildman–Crippen MR) is 64.7 cm³/mol. The van der Waals surface area contributed by atoms with Crippen LogP contribution in [-0.2, 0) is 0 Å². The second kappa shape index (κ2) is 6.03. The quantitative estimate of drug-likeness (QED) is 0.777. The van der Waals surface area contributed by atoms with Crippen molar-refractivity contribution in [3.05, 3.63) is 59.9 Å². The molecule has 0 aliphatic heterocycles. The van der Waals surface area contributed by atoms with Crippen molar-refractivity contribution in [2.24, 2.45) is 0 Å². The summed E-state index contributed by atoms with van der Waals surface area (Å²) in [5, 5.41) is 7.00. The van der Waals surface area contributed by atoms with E-state index in [9.17, 15) is 4.39 Å². The summed E-state index contributed by atoms with van der Waals surface area (Å²) in [6, 6.07) is 14.8. The lowest BCUT2D eigenvalue weighted by Gasteiger charge is -2.06. The molecule has 0 saturated heterocycles. The average molecular weight is 218 g/mol. The highest BCUT2D eigenvalue weighted by Gasteiger charge is 2.06. The van der Waals surface area contributed by atoms with Gasteiger partial charge in [0.15, 0.2) is 0 Å². The molecule has 84 valence electrons. The molecule has 0 fully saturated rings. The summed E-state index contributed by atoms with van der Waals surface area (Å²) in [5.41, 5.74) is 2.60. The van der Waals surface area contributed by atoms with Crippen molar-refractivity contribution in [1.82, 2.24) is 0 Å². The van der Waals surface area contributed by atoms with Gasteiger partial charge in [0.1, 0.15) is 5.82 Å². The highest BCUT2D eigenvalue weighted by molar-refractivity contribution is 5.67. The van der Waals surface area contributed by atoms with Crippen LogP contribution in [0.3, 0.4) is 0 Å². The molecule has 0 unspecified atom stereocenters. The second-order valence-corrected chi connectivity index (χ2v) is 3.30. The summed E-state index contributed by atoms with van der Waals surface area (Å²) in [6.07, 6.45) is 0.